The molecule has 0 aliphatic rings. The van der Waals surface area contributed by atoms with Gasteiger partial charge in [-0.1, -0.05) is 32.0 Å². The number of nitrogens with one attached hydrogen (secondary N) is 1. The van der Waals surface area contributed by atoms with Crippen molar-refractivity contribution in [2.75, 3.05) is 19.8 Å². The highest BCUT2D eigenvalue weighted by atomic mass is 16.6. The zero-order valence-electron chi connectivity index (χ0n) is 16.4. The molecule has 0 saturated carbocycles. The number of hydrogen-bond donors (Lipinski definition) is 1. The van der Waals surface area contributed by atoms with E-state index in [1.807, 2.05) is 57.2 Å². The van der Waals surface area contributed by atoms with E-state index in [4.69, 9.17) is 13.9 Å². The van der Waals surface area contributed by atoms with E-state index in [2.05, 4.69) is 10.3 Å². The largest absolute Gasteiger partial charge is 0.459 e. The van der Waals surface area contributed by atoms with Crippen molar-refractivity contribution in [2.45, 2.75) is 27.3 Å². The Labute approximate surface area is 165 Å². The SMILES string of the molecule is CCOCCOC(=O)/C(C#N)=C(\NCc1coc(-c2ccccc2)n1)C(C)C. The van der Waals surface area contributed by atoms with Gasteiger partial charge in [-0.2, -0.15) is 5.26 Å². The molecule has 2 aromatic rings. The molecule has 0 amide bonds. The van der Waals surface area contributed by atoms with Gasteiger partial charge in [0.05, 0.1) is 18.8 Å². The van der Waals surface area contributed by atoms with Crippen molar-refractivity contribution in [2.24, 2.45) is 5.92 Å². The molecule has 7 heteroatoms. The van der Waals surface area contributed by atoms with Gasteiger partial charge in [0.2, 0.25) is 5.89 Å². The van der Waals surface area contributed by atoms with E-state index in [0.29, 0.717) is 37.0 Å². The Morgan fingerprint density at radius 3 is 2.68 bits per heavy atom. The first-order valence-electron chi connectivity index (χ1n) is 9.19. The van der Waals surface area contributed by atoms with Gasteiger partial charge >= 0.3 is 5.97 Å². The summed E-state index contributed by atoms with van der Waals surface area (Å²) in [6.45, 7) is 6.91. The molecule has 1 heterocycles. The van der Waals surface area contributed by atoms with Crippen molar-refractivity contribution < 1.29 is 18.7 Å². The fourth-order valence-electron chi connectivity index (χ4n) is 2.49. The normalized spacial score (nSPS) is 11.7. The molecule has 7 nitrogen and oxygen atoms in total. The smallest absolute Gasteiger partial charge is 0.350 e. The minimum absolute atomic E-state index is 0.0433. The topological polar surface area (TPSA) is 97.4 Å². The third kappa shape index (κ3) is 5.96. The van der Waals surface area contributed by atoms with Crippen LogP contribution in [0.3, 0.4) is 0 Å². The fraction of sp³-hybridized carbons (Fsp3) is 0.381. The number of carbonyl (C=O) groups excluding carboxylic acids is 1. The Morgan fingerprint density at radius 2 is 2.04 bits per heavy atom. The van der Waals surface area contributed by atoms with E-state index in [1.165, 1.54) is 0 Å². The monoisotopic (exact) mass is 383 g/mol. The minimum atomic E-state index is -0.663. The zero-order chi connectivity index (χ0) is 20.4. The van der Waals surface area contributed by atoms with Gasteiger partial charge in [0.1, 0.15) is 18.9 Å². The van der Waals surface area contributed by atoms with E-state index >= 15 is 0 Å². The second-order valence-corrected chi connectivity index (χ2v) is 6.25. The predicted octanol–water partition coefficient (Wildman–Crippen LogP) is 3.44. The number of hydrogen-bond acceptors (Lipinski definition) is 7. The number of aromatic nitrogens is 1. The molecule has 0 aliphatic heterocycles. The first-order chi connectivity index (χ1) is 13.6. The van der Waals surface area contributed by atoms with Crippen LogP contribution in [0.25, 0.3) is 11.5 Å². The lowest BCUT2D eigenvalue weighted by molar-refractivity contribution is -0.140. The number of oxazole rings is 1. The van der Waals surface area contributed by atoms with Crippen molar-refractivity contribution in [3.8, 4) is 17.5 Å². The quantitative estimate of drug-likeness (QED) is 0.290. The number of carbonyl (C=O) groups is 1. The number of benzene rings is 1. The molecule has 0 saturated heterocycles. The van der Waals surface area contributed by atoms with Crippen molar-refractivity contribution in [3.05, 3.63) is 53.6 Å². The maximum Gasteiger partial charge on any atom is 0.350 e. The summed E-state index contributed by atoms with van der Waals surface area (Å²) < 4.78 is 15.8. The molecule has 0 spiro atoms. The van der Waals surface area contributed by atoms with Crippen LogP contribution < -0.4 is 5.32 Å². The van der Waals surface area contributed by atoms with Gasteiger partial charge < -0.3 is 19.2 Å². The lowest BCUT2D eigenvalue weighted by Crippen LogP contribution is -2.23. The van der Waals surface area contributed by atoms with Crippen LogP contribution in [0.4, 0.5) is 0 Å². The van der Waals surface area contributed by atoms with Gasteiger partial charge in [0.25, 0.3) is 0 Å². The standard InChI is InChI=1S/C21H25N3O4/c1-4-26-10-11-27-21(25)18(12-22)19(15(2)3)23-13-17-14-28-20(24-17)16-8-6-5-7-9-16/h5-9,14-15,23H,4,10-11,13H2,1-3H3/b19-18-. The summed E-state index contributed by atoms with van der Waals surface area (Å²) in [5.74, 6) is -0.221. The van der Waals surface area contributed by atoms with Crippen LogP contribution >= 0.6 is 0 Å². The third-order valence-electron chi connectivity index (χ3n) is 3.86. The number of allylic oxidation sites excluding steroid dienone is 1. The Morgan fingerprint density at radius 1 is 1.29 bits per heavy atom. The molecule has 0 bridgehead atoms. The molecule has 0 aliphatic carbocycles. The summed E-state index contributed by atoms with van der Waals surface area (Å²) in [5.41, 5.74) is 2.01. The maximum atomic E-state index is 12.3. The van der Waals surface area contributed by atoms with Crippen molar-refractivity contribution in [3.63, 3.8) is 0 Å². The molecule has 1 N–H and O–H groups in total. The molecule has 0 fully saturated rings. The van der Waals surface area contributed by atoms with Crippen molar-refractivity contribution in [1.82, 2.24) is 10.3 Å². The number of esters is 1. The number of nitriles is 1. The molecular weight excluding hydrogens is 358 g/mol. The van der Waals surface area contributed by atoms with Crippen molar-refractivity contribution in [1.29, 1.82) is 5.26 Å². The van der Waals surface area contributed by atoms with Crippen LogP contribution in [0.2, 0.25) is 0 Å². The third-order valence-corrected chi connectivity index (χ3v) is 3.86. The molecule has 1 aromatic carbocycles. The van der Waals surface area contributed by atoms with E-state index < -0.39 is 5.97 Å². The molecule has 1 aromatic heterocycles. The van der Waals surface area contributed by atoms with Gasteiger partial charge in [-0.05, 0) is 25.0 Å². The first-order valence-corrected chi connectivity index (χ1v) is 9.19. The fourth-order valence-corrected chi connectivity index (χ4v) is 2.49. The lowest BCUT2D eigenvalue weighted by atomic mass is 10.0. The molecule has 0 radical (unpaired) electrons. The Balaban J connectivity index is 2.07. The van der Waals surface area contributed by atoms with Gasteiger partial charge in [0, 0.05) is 17.9 Å². The average molecular weight is 383 g/mol. The second kappa shape index (κ2) is 10.9. The number of rotatable bonds is 10. The number of nitrogens with zero attached hydrogens (tertiary/aromatic N) is 2. The molecule has 2 rings (SSSR count). The highest BCUT2D eigenvalue weighted by Crippen LogP contribution is 2.19. The number of ether oxygens (including phenoxy) is 2. The Kier molecular flexibility index (Phi) is 8.25. The van der Waals surface area contributed by atoms with E-state index in [9.17, 15) is 10.1 Å². The minimum Gasteiger partial charge on any atom is -0.459 e. The van der Waals surface area contributed by atoms with Crippen LogP contribution in [0.15, 0.2) is 52.3 Å². The maximum absolute atomic E-state index is 12.3. The summed E-state index contributed by atoms with van der Waals surface area (Å²) in [6, 6.07) is 11.5. The summed E-state index contributed by atoms with van der Waals surface area (Å²) in [5, 5.41) is 12.6. The van der Waals surface area contributed by atoms with Crippen LogP contribution in [-0.4, -0.2) is 30.8 Å². The lowest BCUT2D eigenvalue weighted by Gasteiger charge is -2.15. The van der Waals surface area contributed by atoms with Crippen molar-refractivity contribution >= 4 is 5.97 Å². The predicted molar refractivity (Wildman–Crippen MR) is 104 cm³/mol. The van der Waals surface area contributed by atoms with Gasteiger partial charge in [-0.3, -0.25) is 0 Å². The van der Waals surface area contributed by atoms with Crippen LogP contribution in [0.5, 0.6) is 0 Å². The first kappa shape index (κ1) is 21.2. The van der Waals surface area contributed by atoms with E-state index in [-0.39, 0.29) is 18.1 Å². The summed E-state index contributed by atoms with van der Waals surface area (Å²) in [6.07, 6.45) is 1.56. The molecular formula is C21H25N3O4. The molecule has 0 atom stereocenters. The second-order valence-electron chi connectivity index (χ2n) is 6.25. The highest BCUT2D eigenvalue weighted by molar-refractivity contribution is 5.93. The van der Waals surface area contributed by atoms with E-state index in [0.717, 1.165) is 5.56 Å². The molecule has 28 heavy (non-hydrogen) atoms. The van der Waals surface area contributed by atoms with E-state index in [1.54, 1.807) is 6.26 Å². The highest BCUT2D eigenvalue weighted by Gasteiger charge is 2.20. The van der Waals surface area contributed by atoms with Crippen LogP contribution in [-0.2, 0) is 20.8 Å². The summed E-state index contributed by atoms with van der Waals surface area (Å²) in [4.78, 5) is 16.7. The summed E-state index contributed by atoms with van der Waals surface area (Å²) >= 11 is 0. The summed E-state index contributed by atoms with van der Waals surface area (Å²) in [7, 11) is 0. The Hall–Kier alpha value is -3.11. The zero-order valence-corrected chi connectivity index (χ0v) is 16.4. The van der Waals surface area contributed by atoms with Gasteiger partial charge in [-0.15, -0.1) is 0 Å². The molecule has 148 valence electrons. The molecule has 0 unspecified atom stereocenters. The van der Waals surface area contributed by atoms with Gasteiger partial charge in [0.15, 0.2) is 5.57 Å². The van der Waals surface area contributed by atoms with Gasteiger partial charge in [-0.25, -0.2) is 9.78 Å². The van der Waals surface area contributed by atoms with Crippen LogP contribution in [0.1, 0.15) is 26.5 Å². The average Bonchev–Trinajstić information content (AvgIpc) is 3.17. The van der Waals surface area contributed by atoms with Crippen LogP contribution in [0, 0.1) is 17.2 Å². The Bertz CT molecular complexity index is 835.